The zero-order valence-electron chi connectivity index (χ0n) is 29.0. The summed E-state index contributed by atoms with van der Waals surface area (Å²) in [6, 6.07) is 35.2. The van der Waals surface area contributed by atoms with Gasteiger partial charge in [-0.15, -0.1) is 0 Å². The van der Waals surface area contributed by atoms with Crippen molar-refractivity contribution >= 4 is 43.6 Å². The van der Waals surface area contributed by atoms with Crippen molar-refractivity contribution in [2.24, 2.45) is 0 Å². The summed E-state index contributed by atoms with van der Waals surface area (Å²) in [6.45, 7) is 13.1. The molecule has 0 bridgehead atoms. The lowest BCUT2D eigenvalue weighted by Crippen LogP contribution is -2.11. The van der Waals surface area contributed by atoms with Crippen LogP contribution in [0.5, 0.6) is 0 Å². The number of rotatable bonds is 3. The highest BCUT2D eigenvalue weighted by molar-refractivity contribution is 6.11. The molecule has 50 heavy (non-hydrogen) atoms. The summed E-state index contributed by atoms with van der Waals surface area (Å²) in [6.07, 6.45) is -1.00. The van der Waals surface area contributed by atoms with E-state index < -0.39 is 11.7 Å². The Morgan fingerprint density at radius 2 is 0.940 bits per heavy atom. The lowest BCUT2D eigenvalue weighted by Gasteiger charge is -2.21. The standard InChI is InChI=1S/C44H38F3N3/c1-42(2,3)27-16-19-38-33(23-27)30-11-7-9-13-36(30)49(38)40-21-22-48-26-35(40)32-18-15-29(44(45,46)47)25-41(32)50-37-14-10-8-12-31(37)34-24-28(43(4,5)6)17-20-39(34)50/h7-26H,1-6H3. The third-order valence-corrected chi connectivity index (χ3v) is 9.97. The lowest BCUT2D eigenvalue weighted by molar-refractivity contribution is -0.137. The number of hydrogen-bond donors (Lipinski definition) is 0. The fourth-order valence-electron chi connectivity index (χ4n) is 7.31. The van der Waals surface area contributed by atoms with E-state index in [2.05, 4.69) is 93.6 Å². The van der Waals surface area contributed by atoms with Crippen molar-refractivity contribution in [1.82, 2.24) is 14.1 Å². The van der Waals surface area contributed by atoms with Crippen LogP contribution in [-0.2, 0) is 17.0 Å². The van der Waals surface area contributed by atoms with Gasteiger partial charge in [0.2, 0.25) is 0 Å². The maximum absolute atomic E-state index is 14.5. The molecule has 6 heteroatoms. The van der Waals surface area contributed by atoms with Gasteiger partial charge in [-0.05, 0) is 76.6 Å². The summed E-state index contributed by atoms with van der Waals surface area (Å²) < 4.78 is 47.7. The van der Waals surface area contributed by atoms with Crippen LogP contribution < -0.4 is 0 Å². The molecule has 0 saturated carbocycles. The Labute approximate surface area is 289 Å². The fourth-order valence-corrected chi connectivity index (χ4v) is 7.31. The summed E-state index contributed by atoms with van der Waals surface area (Å²) in [5.41, 5.74) is 7.94. The quantitative estimate of drug-likeness (QED) is 0.184. The number of hydrogen-bond acceptors (Lipinski definition) is 1. The fraction of sp³-hybridized carbons (Fsp3) is 0.205. The van der Waals surface area contributed by atoms with Crippen molar-refractivity contribution in [2.45, 2.75) is 58.5 Å². The molecule has 0 fully saturated rings. The Morgan fingerprint density at radius 3 is 1.46 bits per heavy atom. The molecule has 3 heterocycles. The Balaban J connectivity index is 1.46. The molecule has 0 radical (unpaired) electrons. The smallest absolute Gasteiger partial charge is 0.309 e. The molecule has 0 aliphatic rings. The number of aromatic nitrogens is 3. The summed E-state index contributed by atoms with van der Waals surface area (Å²) in [5.74, 6) is 0. The minimum atomic E-state index is -4.53. The summed E-state index contributed by atoms with van der Waals surface area (Å²) in [4.78, 5) is 4.55. The molecule has 0 N–H and O–H groups in total. The maximum atomic E-state index is 14.5. The van der Waals surface area contributed by atoms with E-state index in [-0.39, 0.29) is 10.8 Å². The van der Waals surface area contributed by atoms with Crippen LogP contribution in [0.3, 0.4) is 0 Å². The molecule has 5 aromatic carbocycles. The molecule has 3 nitrogen and oxygen atoms in total. The second kappa shape index (κ2) is 11.1. The highest BCUT2D eigenvalue weighted by Crippen LogP contribution is 2.43. The van der Waals surface area contributed by atoms with Gasteiger partial charge in [0.05, 0.1) is 39.0 Å². The number of pyridine rings is 1. The van der Waals surface area contributed by atoms with E-state index in [0.717, 1.165) is 60.4 Å². The highest BCUT2D eigenvalue weighted by Gasteiger charge is 2.32. The van der Waals surface area contributed by atoms with Crippen LogP contribution in [-0.4, -0.2) is 14.1 Å². The van der Waals surface area contributed by atoms with Crippen LogP contribution in [0.25, 0.3) is 66.1 Å². The van der Waals surface area contributed by atoms with Crippen molar-refractivity contribution < 1.29 is 13.2 Å². The largest absolute Gasteiger partial charge is 0.416 e. The van der Waals surface area contributed by atoms with Crippen molar-refractivity contribution in [3.05, 3.63) is 138 Å². The molecule has 250 valence electrons. The molecule has 0 aliphatic heterocycles. The van der Waals surface area contributed by atoms with Crippen LogP contribution in [0.2, 0.25) is 0 Å². The van der Waals surface area contributed by atoms with Crippen LogP contribution in [0.15, 0.2) is 122 Å². The van der Waals surface area contributed by atoms with Gasteiger partial charge >= 0.3 is 6.18 Å². The third kappa shape index (κ3) is 5.08. The molecular formula is C44H38F3N3. The van der Waals surface area contributed by atoms with Gasteiger partial charge < -0.3 is 9.13 Å². The second-order valence-electron chi connectivity index (χ2n) is 15.3. The average molecular weight is 666 g/mol. The van der Waals surface area contributed by atoms with Crippen molar-refractivity contribution in [3.8, 4) is 22.5 Å². The summed E-state index contributed by atoms with van der Waals surface area (Å²) >= 11 is 0. The van der Waals surface area contributed by atoms with Crippen LogP contribution in [0, 0.1) is 0 Å². The van der Waals surface area contributed by atoms with E-state index in [0.29, 0.717) is 11.3 Å². The zero-order valence-corrected chi connectivity index (χ0v) is 29.0. The van der Waals surface area contributed by atoms with E-state index in [4.69, 9.17) is 0 Å². The second-order valence-corrected chi connectivity index (χ2v) is 15.3. The van der Waals surface area contributed by atoms with E-state index in [1.807, 2.05) is 53.1 Å². The SMILES string of the molecule is CC(C)(C)c1ccc2c(c1)c1ccccc1n2-c1ccncc1-c1ccc(C(F)(F)F)cc1-n1c2ccccc2c2cc(C(C)(C)C)ccc21. The number of para-hydroxylation sites is 2. The number of nitrogens with zero attached hydrogens (tertiary/aromatic N) is 3. The van der Waals surface area contributed by atoms with Gasteiger partial charge in [-0.3, -0.25) is 4.98 Å². The topological polar surface area (TPSA) is 22.8 Å². The molecule has 0 aliphatic carbocycles. The summed E-state index contributed by atoms with van der Waals surface area (Å²) in [5, 5.41) is 4.22. The Hall–Kier alpha value is -5.36. The van der Waals surface area contributed by atoms with Crippen LogP contribution in [0.4, 0.5) is 13.2 Å². The van der Waals surface area contributed by atoms with Gasteiger partial charge in [0.25, 0.3) is 0 Å². The monoisotopic (exact) mass is 665 g/mol. The molecule has 3 aromatic heterocycles. The van der Waals surface area contributed by atoms with Gasteiger partial charge in [0.1, 0.15) is 0 Å². The molecule has 8 aromatic rings. The van der Waals surface area contributed by atoms with Gasteiger partial charge in [0.15, 0.2) is 0 Å². The molecule has 8 rings (SSSR count). The first-order valence-electron chi connectivity index (χ1n) is 17.0. The first kappa shape index (κ1) is 31.9. The maximum Gasteiger partial charge on any atom is 0.416 e. The van der Waals surface area contributed by atoms with Crippen molar-refractivity contribution in [2.75, 3.05) is 0 Å². The van der Waals surface area contributed by atoms with E-state index in [9.17, 15) is 13.2 Å². The molecule has 0 spiro atoms. The summed E-state index contributed by atoms with van der Waals surface area (Å²) in [7, 11) is 0. The number of fused-ring (bicyclic) bond motifs is 6. The Bertz CT molecular complexity index is 2610. The molecule has 0 atom stereocenters. The molecule has 0 unspecified atom stereocenters. The van der Waals surface area contributed by atoms with Gasteiger partial charge in [-0.25, -0.2) is 0 Å². The van der Waals surface area contributed by atoms with E-state index in [1.54, 1.807) is 18.5 Å². The van der Waals surface area contributed by atoms with Gasteiger partial charge in [-0.1, -0.05) is 96.1 Å². The normalized spacial score (nSPS) is 12.9. The molecule has 0 saturated heterocycles. The number of halogens is 3. The predicted molar refractivity (Wildman–Crippen MR) is 201 cm³/mol. The minimum Gasteiger partial charge on any atom is -0.309 e. The van der Waals surface area contributed by atoms with E-state index >= 15 is 0 Å². The van der Waals surface area contributed by atoms with Crippen LogP contribution >= 0.6 is 0 Å². The van der Waals surface area contributed by atoms with Crippen LogP contribution in [0.1, 0.15) is 58.2 Å². The third-order valence-electron chi connectivity index (χ3n) is 9.97. The minimum absolute atomic E-state index is 0.0374. The Kier molecular flexibility index (Phi) is 7.06. The molecule has 0 amide bonds. The van der Waals surface area contributed by atoms with E-state index in [1.165, 1.54) is 17.7 Å². The molecular weight excluding hydrogens is 627 g/mol. The number of benzene rings is 5. The highest BCUT2D eigenvalue weighted by atomic mass is 19.4. The first-order valence-corrected chi connectivity index (χ1v) is 17.0. The predicted octanol–water partition coefficient (Wildman–Crippen LogP) is 12.6. The number of alkyl halides is 3. The van der Waals surface area contributed by atoms with Gasteiger partial charge in [-0.2, -0.15) is 13.2 Å². The van der Waals surface area contributed by atoms with Crippen molar-refractivity contribution in [1.29, 1.82) is 0 Å². The van der Waals surface area contributed by atoms with Gasteiger partial charge in [0, 0.05) is 45.1 Å². The zero-order chi connectivity index (χ0) is 35.2. The first-order chi connectivity index (χ1) is 23.7. The average Bonchev–Trinajstić information content (AvgIpc) is 3.59. The Morgan fingerprint density at radius 1 is 0.460 bits per heavy atom. The van der Waals surface area contributed by atoms with Crippen molar-refractivity contribution in [3.63, 3.8) is 0 Å². The lowest BCUT2D eigenvalue weighted by atomic mass is 9.86.